The molecule has 0 aromatic heterocycles. The molecule has 0 spiro atoms. The Balaban J connectivity index is 0. The highest BCUT2D eigenvalue weighted by molar-refractivity contribution is 5.50. The monoisotopic (exact) mass is 408 g/mol. The molecule has 0 aliphatic carbocycles. The maximum Gasteiger partial charge on any atom is 0.122 e. The molecule has 7 nitrogen and oxygen atoms in total. The highest BCUT2D eigenvalue weighted by Crippen LogP contribution is 2.18. The molecular weight excluding hydrogens is 364 g/mol. The fourth-order valence-corrected chi connectivity index (χ4v) is 2.75. The molecule has 1 heterocycles. The number of carbonyl (C=O) groups is 1. The maximum atomic E-state index is 10.1. The Morgan fingerprint density at radius 1 is 1.18 bits per heavy atom. The lowest BCUT2D eigenvalue weighted by Gasteiger charge is -2.30. The van der Waals surface area contributed by atoms with Gasteiger partial charge in [0.05, 0.1) is 18.8 Å². The number of rotatable bonds is 11. The molecular formula is C21H44O7. The highest BCUT2D eigenvalue weighted by atomic mass is 16.5. The molecule has 2 unspecified atom stereocenters. The quantitative estimate of drug-likeness (QED) is 0.386. The second-order valence-corrected chi connectivity index (χ2v) is 7.20. The first kappa shape index (κ1) is 29.6. The van der Waals surface area contributed by atoms with E-state index in [1.807, 2.05) is 20.8 Å². The number of hydrogen-bond acceptors (Lipinski definition) is 7. The zero-order valence-corrected chi connectivity index (χ0v) is 18.3. The summed E-state index contributed by atoms with van der Waals surface area (Å²) in [6.45, 7) is 9.77. The normalized spacial score (nSPS) is 23.5. The predicted octanol–water partition coefficient (Wildman–Crippen LogP) is 1.93. The minimum absolute atomic E-state index is 0.0755. The van der Waals surface area contributed by atoms with Gasteiger partial charge in [0.1, 0.15) is 12.4 Å². The first-order valence-electron chi connectivity index (χ1n) is 10.6. The Kier molecular flexibility index (Phi) is 22.4. The van der Waals surface area contributed by atoms with E-state index in [0.29, 0.717) is 31.5 Å². The summed E-state index contributed by atoms with van der Waals surface area (Å²) < 4.78 is 10.4. The van der Waals surface area contributed by atoms with E-state index in [0.717, 1.165) is 38.4 Å². The van der Waals surface area contributed by atoms with Gasteiger partial charge in [-0.1, -0.05) is 33.6 Å². The summed E-state index contributed by atoms with van der Waals surface area (Å²) in [6, 6.07) is 0. The Morgan fingerprint density at radius 2 is 1.86 bits per heavy atom. The van der Waals surface area contributed by atoms with Crippen molar-refractivity contribution in [3.05, 3.63) is 0 Å². The lowest BCUT2D eigenvalue weighted by atomic mass is 9.98. The van der Waals surface area contributed by atoms with Gasteiger partial charge in [-0.05, 0) is 38.0 Å². The number of aliphatic hydroxyl groups excluding tert-OH is 4. The van der Waals surface area contributed by atoms with Gasteiger partial charge in [-0.15, -0.1) is 0 Å². The molecule has 0 bridgehead atoms. The molecule has 1 aliphatic rings. The second-order valence-electron chi connectivity index (χ2n) is 7.20. The van der Waals surface area contributed by atoms with Crippen LogP contribution in [0.25, 0.3) is 0 Å². The van der Waals surface area contributed by atoms with Crippen molar-refractivity contribution in [2.45, 2.75) is 84.5 Å². The Hall–Kier alpha value is -0.570. The summed E-state index contributed by atoms with van der Waals surface area (Å²) in [6.07, 6.45) is 5.30. The number of aldehydes is 1. The summed E-state index contributed by atoms with van der Waals surface area (Å²) in [5, 5.41) is 34.9. The van der Waals surface area contributed by atoms with Gasteiger partial charge in [-0.3, -0.25) is 0 Å². The van der Waals surface area contributed by atoms with Crippen molar-refractivity contribution in [2.24, 2.45) is 11.8 Å². The average Bonchev–Trinajstić information content (AvgIpc) is 2.68. The van der Waals surface area contributed by atoms with E-state index in [-0.39, 0.29) is 32.0 Å². The van der Waals surface area contributed by atoms with E-state index in [1.165, 1.54) is 0 Å². The van der Waals surface area contributed by atoms with E-state index in [2.05, 4.69) is 6.92 Å². The predicted molar refractivity (Wildman–Crippen MR) is 110 cm³/mol. The van der Waals surface area contributed by atoms with Crippen LogP contribution in [0.1, 0.15) is 66.2 Å². The molecule has 0 amide bonds. The van der Waals surface area contributed by atoms with Crippen LogP contribution in [0.15, 0.2) is 0 Å². The van der Waals surface area contributed by atoms with Crippen molar-refractivity contribution >= 4 is 6.29 Å². The van der Waals surface area contributed by atoms with Crippen molar-refractivity contribution in [3.8, 4) is 0 Å². The van der Waals surface area contributed by atoms with E-state index in [9.17, 15) is 9.90 Å². The smallest absolute Gasteiger partial charge is 0.122 e. The van der Waals surface area contributed by atoms with Crippen LogP contribution in [-0.2, 0) is 14.3 Å². The fraction of sp³-hybridized carbons (Fsp3) is 0.952. The van der Waals surface area contributed by atoms with Crippen molar-refractivity contribution < 1.29 is 34.7 Å². The molecule has 0 radical (unpaired) electrons. The summed E-state index contributed by atoms with van der Waals surface area (Å²) in [5.74, 6) is 0.720. The largest absolute Gasteiger partial charge is 0.396 e. The third-order valence-electron chi connectivity index (χ3n) is 4.59. The molecule has 7 heteroatoms. The SMILES string of the molecule is CCC(CO)CCO.CCCC(CC=O)OCC.C[C@@H]1CO[C@H](CO)[C@@H](O)C1. The number of carbonyl (C=O) groups excluding carboxylic acids is 1. The molecule has 170 valence electrons. The van der Waals surface area contributed by atoms with Crippen LogP contribution in [0, 0.1) is 11.8 Å². The summed E-state index contributed by atoms with van der Waals surface area (Å²) >= 11 is 0. The van der Waals surface area contributed by atoms with Crippen molar-refractivity contribution in [1.29, 1.82) is 0 Å². The minimum Gasteiger partial charge on any atom is -0.396 e. The summed E-state index contributed by atoms with van der Waals surface area (Å²) in [4.78, 5) is 10.1. The van der Waals surface area contributed by atoms with Crippen LogP contribution in [0.4, 0.5) is 0 Å². The maximum absolute atomic E-state index is 10.1. The van der Waals surface area contributed by atoms with Gasteiger partial charge in [0, 0.05) is 32.8 Å². The second kappa shape index (κ2) is 21.1. The Labute approximate surface area is 171 Å². The van der Waals surface area contributed by atoms with E-state index >= 15 is 0 Å². The van der Waals surface area contributed by atoms with E-state index < -0.39 is 6.10 Å². The highest BCUT2D eigenvalue weighted by Gasteiger charge is 2.26. The van der Waals surface area contributed by atoms with Gasteiger partial charge in [-0.25, -0.2) is 0 Å². The molecule has 4 N–H and O–H groups in total. The van der Waals surface area contributed by atoms with Crippen LogP contribution in [-0.4, -0.2) is 78.1 Å². The van der Waals surface area contributed by atoms with Gasteiger partial charge in [-0.2, -0.15) is 0 Å². The van der Waals surface area contributed by atoms with Gasteiger partial charge in [0.2, 0.25) is 0 Å². The zero-order valence-electron chi connectivity index (χ0n) is 18.3. The number of ether oxygens (including phenoxy) is 2. The number of hydrogen-bond donors (Lipinski definition) is 4. The average molecular weight is 409 g/mol. The van der Waals surface area contributed by atoms with Crippen LogP contribution >= 0.6 is 0 Å². The van der Waals surface area contributed by atoms with Crippen molar-refractivity contribution in [2.75, 3.05) is 33.0 Å². The van der Waals surface area contributed by atoms with Gasteiger partial charge in [0.15, 0.2) is 0 Å². The Morgan fingerprint density at radius 3 is 2.21 bits per heavy atom. The zero-order chi connectivity index (χ0) is 21.8. The van der Waals surface area contributed by atoms with Crippen LogP contribution < -0.4 is 0 Å². The van der Waals surface area contributed by atoms with Crippen LogP contribution in [0.3, 0.4) is 0 Å². The lowest BCUT2D eigenvalue weighted by Crippen LogP contribution is -2.39. The van der Waals surface area contributed by atoms with Gasteiger partial charge in [0.25, 0.3) is 0 Å². The van der Waals surface area contributed by atoms with Crippen LogP contribution in [0.2, 0.25) is 0 Å². The summed E-state index contributed by atoms with van der Waals surface area (Å²) in [5.41, 5.74) is 0. The third-order valence-corrected chi connectivity index (χ3v) is 4.59. The molecule has 1 aliphatic heterocycles. The molecule has 28 heavy (non-hydrogen) atoms. The minimum atomic E-state index is -0.478. The number of aliphatic hydroxyl groups is 4. The van der Waals surface area contributed by atoms with Gasteiger partial charge >= 0.3 is 0 Å². The Bertz CT molecular complexity index is 318. The topological polar surface area (TPSA) is 116 Å². The standard InChI is InChI=1S/C8H16O2.C7H14O3.C6H14O2/c1-3-5-8(6-7-9)10-4-2;1-5-2-6(9)7(3-8)10-4-5;1-2-6(5-8)3-4-7/h7-8H,3-6H2,1-2H3;5-9H,2-4H2,1H3;6-8H,2-5H2,1H3/t;5-,6-,7+;/m.0./s1. The summed E-state index contributed by atoms with van der Waals surface area (Å²) in [7, 11) is 0. The van der Waals surface area contributed by atoms with Gasteiger partial charge < -0.3 is 34.7 Å². The van der Waals surface area contributed by atoms with Crippen molar-refractivity contribution in [3.63, 3.8) is 0 Å². The van der Waals surface area contributed by atoms with E-state index in [1.54, 1.807) is 0 Å². The third kappa shape index (κ3) is 16.4. The molecule has 0 aromatic rings. The molecule has 0 saturated carbocycles. The first-order valence-corrected chi connectivity index (χ1v) is 10.6. The lowest BCUT2D eigenvalue weighted by molar-refractivity contribution is -0.113. The first-order chi connectivity index (χ1) is 13.4. The molecule has 1 saturated heterocycles. The van der Waals surface area contributed by atoms with E-state index in [4.69, 9.17) is 24.8 Å². The fourth-order valence-electron chi connectivity index (χ4n) is 2.75. The van der Waals surface area contributed by atoms with Crippen LogP contribution in [0.5, 0.6) is 0 Å². The van der Waals surface area contributed by atoms with Crippen molar-refractivity contribution in [1.82, 2.24) is 0 Å². The molecule has 5 atom stereocenters. The molecule has 1 fully saturated rings. The molecule has 0 aromatic carbocycles. The molecule has 1 rings (SSSR count).